The standard InChI is InChI=1S/C15H30N2/c1-4-14-6-5-7-15(9-14,11-16)17-10-12(2)8-13(17)3/h12-14H,4-11,16H2,1-3H3. The van der Waals surface area contributed by atoms with E-state index in [4.69, 9.17) is 5.73 Å². The highest BCUT2D eigenvalue weighted by molar-refractivity contribution is 5.01. The first-order chi connectivity index (χ1) is 8.11. The fraction of sp³-hybridized carbons (Fsp3) is 1.00. The molecule has 17 heavy (non-hydrogen) atoms. The monoisotopic (exact) mass is 238 g/mol. The van der Waals surface area contributed by atoms with Crippen molar-refractivity contribution < 1.29 is 0 Å². The van der Waals surface area contributed by atoms with Crippen LogP contribution < -0.4 is 5.73 Å². The van der Waals surface area contributed by atoms with E-state index in [-0.39, 0.29) is 0 Å². The molecule has 2 nitrogen and oxygen atoms in total. The fourth-order valence-corrected chi connectivity index (χ4v) is 4.33. The zero-order valence-corrected chi connectivity index (χ0v) is 11.9. The molecular weight excluding hydrogens is 208 g/mol. The summed E-state index contributed by atoms with van der Waals surface area (Å²) in [7, 11) is 0. The van der Waals surface area contributed by atoms with Crippen molar-refractivity contribution in [3.8, 4) is 0 Å². The second-order valence-corrected chi connectivity index (χ2v) is 6.64. The maximum atomic E-state index is 6.20. The molecule has 1 saturated carbocycles. The Hall–Kier alpha value is -0.0800. The van der Waals surface area contributed by atoms with Crippen LogP contribution >= 0.6 is 0 Å². The van der Waals surface area contributed by atoms with Gasteiger partial charge in [0.2, 0.25) is 0 Å². The van der Waals surface area contributed by atoms with E-state index < -0.39 is 0 Å². The van der Waals surface area contributed by atoms with Gasteiger partial charge < -0.3 is 5.73 Å². The van der Waals surface area contributed by atoms with Crippen LogP contribution in [0, 0.1) is 11.8 Å². The quantitative estimate of drug-likeness (QED) is 0.819. The summed E-state index contributed by atoms with van der Waals surface area (Å²) in [5.41, 5.74) is 6.54. The molecule has 1 heterocycles. The maximum absolute atomic E-state index is 6.20. The van der Waals surface area contributed by atoms with Gasteiger partial charge in [0.25, 0.3) is 0 Å². The molecule has 1 aliphatic carbocycles. The Morgan fingerprint density at radius 2 is 2.12 bits per heavy atom. The zero-order chi connectivity index (χ0) is 12.5. The molecule has 2 N–H and O–H groups in total. The van der Waals surface area contributed by atoms with Crippen LogP contribution in [0.3, 0.4) is 0 Å². The number of hydrogen-bond acceptors (Lipinski definition) is 2. The van der Waals surface area contributed by atoms with Gasteiger partial charge in [0, 0.05) is 24.7 Å². The third-order valence-corrected chi connectivity index (χ3v) is 5.27. The van der Waals surface area contributed by atoms with Crippen molar-refractivity contribution in [1.82, 2.24) is 4.90 Å². The van der Waals surface area contributed by atoms with Crippen molar-refractivity contribution in [1.29, 1.82) is 0 Å². The van der Waals surface area contributed by atoms with Crippen molar-refractivity contribution in [2.75, 3.05) is 13.1 Å². The van der Waals surface area contributed by atoms with Gasteiger partial charge >= 0.3 is 0 Å². The molecule has 1 aliphatic heterocycles. The van der Waals surface area contributed by atoms with Gasteiger partial charge in [0.05, 0.1) is 0 Å². The maximum Gasteiger partial charge on any atom is 0.0337 e. The lowest BCUT2D eigenvalue weighted by Gasteiger charge is -2.48. The minimum Gasteiger partial charge on any atom is -0.329 e. The molecule has 2 aliphatic rings. The second-order valence-electron chi connectivity index (χ2n) is 6.64. The van der Waals surface area contributed by atoms with Crippen LogP contribution in [0.15, 0.2) is 0 Å². The predicted octanol–water partition coefficient (Wildman–Crippen LogP) is 3.01. The number of nitrogens with two attached hydrogens (primary N) is 1. The predicted molar refractivity (Wildman–Crippen MR) is 74.0 cm³/mol. The highest BCUT2D eigenvalue weighted by Gasteiger charge is 2.44. The molecule has 100 valence electrons. The van der Waals surface area contributed by atoms with Gasteiger partial charge in [-0.2, -0.15) is 0 Å². The van der Waals surface area contributed by atoms with Crippen LogP contribution in [0.4, 0.5) is 0 Å². The minimum absolute atomic E-state index is 0.336. The molecule has 4 atom stereocenters. The van der Waals surface area contributed by atoms with E-state index in [9.17, 15) is 0 Å². The number of nitrogens with zero attached hydrogens (tertiary/aromatic N) is 1. The first-order valence-corrected chi connectivity index (χ1v) is 7.58. The molecule has 0 spiro atoms. The highest BCUT2D eigenvalue weighted by Crippen LogP contribution is 2.41. The first kappa shape index (κ1) is 13.4. The molecule has 0 amide bonds. The number of rotatable bonds is 3. The smallest absolute Gasteiger partial charge is 0.0337 e. The first-order valence-electron chi connectivity index (χ1n) is 7.58. The van der Waals surface area contributed by atoms with E-state index in [1.165, 1.54) is 45.1 Å². The van der Waals surface area contributed by atoms with E-state index >= 15 is 0 Å². The molecule has 2 fully saturated rings. The Kier molecular flexibility index (Phi) is 4.14. The largest absolute Gasteiger partial charge is 0.329 e. The van der Waals surface area contributed by atoms with Crippen LogP contribution in [-0.4, -0.2) is 29.6 Å². The molecule has 0 aromatic heterocycles. The van der Waals surface area contributed by atoms with E-state index in [1.807, 2.05) is 0 Å². The molecule has 0 aromatic rings. The molecule has 2 rings (SSSR count). The molecule has 0 radical (unpaired) electrons. The van der Waals surface area contributed by atoms with Crippen molar-refractivity contribution in [2.24, 2.45) is 17.6 Å². The zero-order valence-electron chi connectivity index (χ0n) is 11.9. The van der Waals surface area contributed by atoms with Crippen molar-refractivity contribution in [2.45, 2.75) is 70.9 Å². The van der Waals surface area contributed by atoms with Crippen LogP contribution in [0.1, 0.15) is 59.3 Å². The lowest BCUT2D eigenvalue weighted by atomic mass is 9.73. The molecular formula is C15H30N2. The van der Waals surface area contributed by atoms with Crippen LogP contribution in [0.5, 0.6) is 0 Å². The summed E-state index contributed by atoms with van der Waals surface area (Å²) in [6.45, 7) is 9.26. The van der Waals surface area contributed by atoms with E-state index in [1.54, 1.807) is 0 Å². The van der Waals surface area contributed by atoms with Gasteiger partial charge in [-0.1, -0.05) is 33.1 Å². The molecule has 0 bridgehead atoms. The average molecular weight is 238 g/mol. The topological polar surface area (TPSA) is 29.3 Å². The highest BCUT2D eigenvalue weighted by atomic mass is 15.3. The Morgan fingerprint density at radius 3 is 2.65 bits per heavy atom. The van der Waals surface area contributed by atoms with Crippen LogP contribution in [0.2, 0.25) is 0 Å². The van der Waals surface area contributed by atoms with Gasteiger partial charge in [-0.15, -0.1) is 0 Å². The average Bonchev–Trinajstić information content (AvgIpc) is 2.69. The summed E-state index contributed by atoms with van der Waals surface area (Å²) in [5.74, 6) is 1.77. The lowest BCUT2D eigenvalue weighted by Crippen LogP contribution is -2.57. The fourth-order valence-electron chi connectivity index (χ4n) is 4.33. The third-order valence-electron chi connectivity index (χ3n) is 5.27. The number of likely N-dealkylation sites (tertiary alicyclic amines) is 1. The Bertz CT molecular complexity index is 253. The third kappa shape index (κ3) is 2.53. The molecule has 0 aromatic carbocycles. The van der Waals surface area contributed by atoms with E-state index in [0.29, 0.717) is 5.54 Å². The van der Waals surface area contributed by atoms with Crippen molar-refractivity contribution >= 4 is 0 Å². The SMILES string of the molecule is CCC1CCCC(CN)(N2CC(C)CC2C)C1. The summed E-state index contributed by atoms with van der Waals surface area (Å²) in [6.07, 6.45) is 8.18. The summed E-state index contributed by atoms with van der Waals surface area (Å²) in [6, 6.07) is 0.740. The summed E-state index contributed by atoms with van der Waals surface area (Å²) in [4.78, 5) is 2.76. The Labute approximate surface area is 107 Å². The van der Waals surface area contributed by atoms with Crippen molar-refractivity contribution in [3.05, 3.63) is 0 Å². The lowest BCUT2D eigenvalue weighted by molar-refractivity contribution is 0.0279. The van der Waals surface area contributed by atoms with E-state index in [0.717, 1.165) is 24.4 Å². The van der Waals surface area contributed by atoms with Crippen LogP contribution in [0.25, 0.3) is 0 Å². The van der Waals surface area contributed by atoms with Gasteiger partial charge in [-0.25, -0.2) is 0 Å². The van der Waals surface area contributed by atoms with Gasteiger partial charge in [0.1, 0.15) is 0 Å². The van der Waals surface area contributed by atoms with Crippen LogP contribution in [-0.2, 0) is 0 Å². The van der Waals surface area contributed by atoms with Gasteiger partial charge in [0.15, 0.2) is 0 Å². The van der Waals surface area contributed by atoms with E-state index in [2.05, 4.69) is 25.7 Å². The normalized spacial score (nSPS) is 44.1. The van der Waals surface area contributed by atoms with Crippen molar-refractivity contribution in [3.63, 3.8) is 0 Å². The second kappa shape index (κ2) is 5.27. The summed E-state index contributed by atoms with van der Waals surface area (Å²) in [5, 5.41) is 0. The Morgan fingerprint density at radius 1 is 1.35 bits per heavy atom. The molecule has 2 heteroatoms. The summed E-state index contributed by atoms with van der Waals surface area (Å²) < 4.78 is 0. The number of hydrogen-bond donors (Lipinski definition) is 1. The molecule has 4 unspecified atom stereocenters. The van der Waals surface area contributed by atoms with Gasteiger partial charge in [-0.05, 0) is 38.0 Å². The molecule has 1 saturated heterocycles. The Balaban J connectivity index is 2.13. The summed E-state index contributed by atoms with van der Waals surface area (Å²) >= 11 is 0. The minimum atomic E-state index is 0.336. The van der Waals surface area contributed by atoms with Gasteiger partial charge in [-0.3, -0.25) is 4.90 Å².